The third-order valence-corrected chi connectivity index (χ3v) is 5.38. The molecule has 0 bridgehead atoms. The van der Waals surface area contributed by atoms with Crippen LogP contribution in [0.3, 0.4) is 0 Å². The Morgan fingerprint density at radius 3 is 2.92 bits per heavy atom. The van der Waals surface area contributed by atoms with E-state index >= 15 is 0 Å². The first-order valence-corrected chi connectivity index (χ1v) is 9.36. The van der Waals surface area contributed by atoms with Crippen LogP contribution in [0, 0.1) is 6.92 Å². The number of nitrogens with one attached hydrogen (secondary N) is 2. The molecule has 1 amide bonds. The zero-order chi connectivity index (χ0) is 17.2. The van der Waals surface area contributed by atoms with E-state index in [2.05, 4.69) is 20.8 Å². The Hall–Kier alpha value is -2.41. The molecule has 0 spiro atoms. The van der Waals surface area contributed by atoms with Gasteiger partial charge >= 0.3 is 0 Å². The topological polar surface area (TPSA) is 80.0 Å². The highest BCUT2D eigenvalue weighted by Gasteiger charge is 2.17. The molecule has 0 unspecified atom stereocenters. The van der Waals surface area contributed by atoms with Gasteiger partial charge in [-0.25, -0.2) is 4.98 Å². The van der Waals surface area contributed by atoms with Gasteiger partial charge in [-0.3, -0.25) is 4.79 Å². The van der Waals surface area contributed by atoms with Crippen molar-refractivity contribution < 1.29 is 9.32 Å². The number of carbonyl (C=O) groups is 1. The number of hydrogen-bond donors (Lipinski definition) is 2. The van der Waals surface area contributed by atoms with E-state index in [1.807, 2.05) is 31.2 Å². The molecular weight excluding hydrogens is 336 g/mol. The summed E-state index contributed by atoms with van der Waals surface area (Å²) in [5, 5.41) is 11.1. The SMILES string of the molecule is Cc1cc(CNC(=O)c2ccc3nc(NC4CCCC4)sc3c2)on1. The molecule has 4 rings (SSSR count). The van der Waals surface area contributed by atoms with E-state index in [0.29, 0.717) is 23.9 Å². The lowest BCUT2D eigenvalue weighted by Crippen LogP contribution is -2.22. The van der Waals surface area contributed by atoms with Crippen molar-refractivity contribution in [2.45, 2.75) is 45.2 Å². The quantitative estimate of drug-likeness (QED) is 0.725. The maximum Gasteiger partial charge on any atom is 0.251 e. The van der Waals surface area contributed by atoms with E-state index in [4.69, 9.17) is 4.52 Å². The second-order valence-corrected chi connectivity index (χ2v) is 7.48. The molecule has 0 aliphatic heterocycles. The number of nitrogens with zero attached hydrogens (tertiary/aromatic N) is 2. The molecule has 1 aromatic carbocycles. The lowest BCUT2D eigenvalue weighted by atomic mass is 10.2. The molecular formula is C18H20N4O2S. The number of aromatic nitrogens is 2. The molecule has 2 heterocycles. The van der Waals surface area contributed by atoms with Crippen molar-refractivity contribution in [3.05, 3.63) is 41.3 Å². The molecule has 0 saturated heterocycles. The summed E-state index contributed by atoms with van der Waals surface area (Å²) in [6.45, 7) is 2.18. The Labute approximate surface area is 149 Å². The molecule has 7 heteroatoms. The third-order valence-electron chi connectivity index (χ3n) is 4.43. The van der Waals surface area contributed by atoms with Gasteiger partial charge in [0.15, 0.2) is 10.9 Å². The van der Waals surface area contributed by atoms with E-state index in [-0.39, 0.29) is 5.91 Å². The first kappa shape index (κ1) is 16.1. The van der Waals surface area contributed by atoms with Gasteiger partial charge in [0.1, 0.15) is 0 Å². The van der Waals surface area contributed by atoms with Crippen molar-refractivity contribution >= 4 is 32.6 Å². The molecule has 0 atom stereocenters. The van der Waals surface area contributed by atoms with Crippen LogP contribution in [0.25, 0.3) is 10.2 Å². The Balaban J connectivity index is 1.45. The van der Waals surface area contributed by atoms with Crippen LogP contribution in [-0.4, -0.2) is 22.1 Å². The number of carbonyl (C=O) groups excluding carboxylic acids is 1. The highest BCUT2D eigenvalue weighted by Crippen LogP contribution is 2.30. The first-order chi connectivity index (χ1) is 12.2. The molecule has 25 heavy (non-hydrogen) atoms. The maximum atomic E-state index is 12.3. The zero-order valence-electron chi connectivity index (χ0n) is 14.0. The van der Waals surface area contributed by atoms with Crippen LogP contribution >= 0.6 is 11.3 Å². The Morgan fingerprint density at radius 2 is 2.16 bits per heavy atom. The number of hydrogen-bond acceptors (Lipinski definition) is 6. The van der Waals surface area contributed by atoms with Gasteiger partial charge in [-0.15, -0.1) is 0 Å². The number of anilines is 1. The number of amides is 1. The van der Waals surface area contributed by atoms with Gasteiger partial charge in [0.05, 0.1) is 22.5 Å². The van der Waals surface area contributed by atoms with Crippen LogP contribution in [0.2, 0.25) is 0 Å². The maximum absolute atomic E-state index is 12.3. The minimum atomic E-state index is -0.130. The van der Waals surface area contributed by atoms with Gasteiger partial charge < -0.3 is 15.2 Å². The highest BCUT2D eigenvalue weighted by molar-refractivity contribution is 7.22. The van der Waals surface area contributed by atoms with Gasteiger partial charge in [0.2, 0.25) is 0 Å². The molecule has 6 nitrogen and oxygen atoms in total. The van der Waals surface area contributed by atoms with Gasteiger partial charge in [-0.1, -0.05) is 29.3 Å². The molecule has 2 aromatic heterocycles. The molecule has 130 valence electrons. The standard InChI is InChI=1S/C18H20N4O2S/c1-11-8-14(24-22-11)10-19-17(23)12-6-7-15-16(9-12)25-18(21-15)20-13-4-2-3-5-13/h6-9,13H,2-5,10H2,1H3,(H,19,23)(H,20,21). The van der Waals surface area contributed by atoms with E-state index in [1.54, 1.807) is 11.3 Å². The highest BCUT2D eigenvalue weighted by atomic mass is 32.1. The normalized spacial score (nSPS) is 14.9. The summed E-state index contributed by atoms with van der Waals surface area (Å²) < 4.78 is 6.12. The van der Waals surface area contributed by atoms with Crippen molar-refractivity contribution in [3.63, 3.8) is 0 Å². The van der Waals surface area contributed by atoms with Crippen LogP contribution in [-0.2, 0) is 6.54 Å². The predicted molar refractivity (Wildman–Crippen MR) is 97.9 cm³/mol. The van der Waals surface area contributed by atoms with E-state index < -0.39 is 0 Å². The van der Waals surface area contributed by atoms with Crippen molar-refractivity contribution in [3.8, 4) is 0 Å². The fraction of sp³-hybridized carbons (Fsp3) is 0.389. The lowest BCUT2D eigenvalue weighted by Gasteiger charge is -2.09. The van der Waals surface area contributed by atoms with Crippen LogP contribution in [0.4, 0.5) is 5.13 Å². The number of fused-ring (bicyclic) bond motifs is 1. The Morgan fingerprint density at radius 1 is 1.32 bits per heavy atom. The Bertz CT molecular complexity index is 896. The van der Waals surface area contributed by atoms with Gasteiger partial charge in [0.25, 0.3) is 5.91 Å². The fourth-order valence-corrected chi connectivity index (χ4v) is 4.12. The summed E-state index contributed by atoms with van der Waals surface area (Å²) >= 11 is 1.60. The van der Waals surface area contributed by atoms with Crippen molar-refractivity contribution in [2.75, 3.05) is 5.32 Å². The average molecular weight is 356 g/mol. The minimum Gasteiger partial charge on any atom is -0.359 e. The summed E-state index contributed by atoms with van der Waals surface area (Å²) in [5.41, 5.74) is 2.35. The number of rotatable bonds is 5. The van der Waals surface area contributed by atoms with Gasteiger partial charge in [-0.2, -0.15) is 0 Å². The lowest BCUT2D eigenvalue weighted by molar-refractivity contribution is 0.0947. The van der Waals surface area contributed by atoms with Crippen molar-refractivity contribution in [2.24, 2.45) is 0 Å². The number of aryl methyl sites for hydroxylation is 1. The monoisotopic (exact) mass is 356 g/mol. The average Bonchev–Trinajstić information content (AvgIpc) is 3.33. The van der Waals surface area contributed by atoms with E-state index in [0.717, 1.165) is 21.0 Å². The summed E-state index contributed by atoms with van der Waals surface area (Å²) in [4.78, 5) is 17.0. The van der Waals surface area contributed by atoms with Crippen LogP contribution in [0.1, 0.15) is 47.5 Å². The third kappa shape index (κ3) is 3.66. The predicted octanol–water partition coefficient (Wildman–Crippen LogP) is 3.88. The van der Waals surface area contributed by atoms with E-state index in [1.165, 1.54) is 25.7 Å². The second-order valence-electron chi connectivity index (χ2n) is 6.44. The fourth-order valence-electron chi connectivity index (χ4n) is 3.14. The largest absolute Gasteiger partial charge is 0.359 e. The van der Waals surface area contributed by atoms with E-state index in [9.17, 15) is 4.79 Å². The summed E-state index contributed by atoms with van der Waals surface area (Å²) in [6, 6.07) is 7.96. The molecule has 2 N–H and O–H groups in total. The minimum absolute atomic E-state index is 0.130. The number of benzene rings is 1. The molecule has 3 aromatic rings. The Kier molecular flexibility index (Phi) is 4.40. The molecule has 0 radical (unpaired) electrons. The summed E-state index contributed by atoms with van der Waals surface area (Å²) in [5.74, 6) is 0.516. The van der Waals surface area contributed by atoms with Gasteiger partial charge in [-0.05, 0) is 38.0 Å². The first-order valence-electron chi connectivity index (χ1n) is 8.55. The zero-order valence-corrected chi connectivity index (χ0v) is 14.9. The van der Waals surface area contributed by atoms with Crippen molar-refractivity contribution in [1.82, 2.24) is 15.5 Å². The smallest absolute Gasteiger partial charge is 0.251 e. The molecule has 1 fully saturated rings. The van der Waals surface area contributed by atoms with Crippen molar-refractivity contribution in [1.29, 1.82) is 0 Å². The second kappa shape index (κ2) is 6.84. The summed E-state index contributed by atoms with van der Waals surface area (Å²) in [6.07, 6.45) is 5.00. The van der Waals surface area contributed by atoms with Crippen LogP contribution in [0.15, 0.2) is 28.8 Å². The van der Waals surface area contributed by atoms with Gasteiger partial charge in [0, 0.05) is 17.7 Å². The molecule has 1 aliphatic carbocycles. The molecule has 1 saturated carbocycles. The molecule has 1 aliphatic rings. The number of thiazole rings is 1. The van der Waals surface area contributed by atoms with Crippen LogP contribution in [0.5, 0.6) is 0 Å². The summed E-state index contributed by atoms with van der Waals surface area (Å²) in [7, 11) is 0. The van der Waals surface area contributed by atoms with Crippen LogP contribution < -0.4 is 10.6 Å².